The molecule has 0 aliphatic carbocycles. The van der Waals surface area contributed by atoms with Crippen LogP contribution < -0.4 is 10.5 Å². The molecule has 54 heavy (non-hydrogen) atoms. The fourth-order valence-electron chi connectivity index (χ4n) is 5.30. The third-order valence-electron chi connectivity index (χ3n) is 8.39. The maximum atomic E-state index is 5.83. The molecule has 0 atom stereocenters. The topological polar surface area (TPSA) is 128 Å². The minimum Gasteiger partial charge on any atom is -0.489 e. The maximum Gasteiger partial charge on any atom is 0.142 e. The van der Waals surface area contributed by atoms with Crippen LogP contribution in [0.3, 0.4) is 0 Å². The Bertz CT molecular complexity index is 854. The number of anilines is 1. The molecular weight excluding hydrogens is 694 g/mol. The molecule has 1 aromatic carbocycles. The summed E-state index contributed by atoms with van der Waals surface area (Å²) in [5, 5.41) is 0. The molecule has 0 aromatic heterocycles. The molecule has 2 N–H and O–H groups in total. The van der Waals surface area contributed by atoms with Gasteiger partial charge in [-0.25, -0.2) is 0 Å². The van der Waals surface area contributed by atoms with Gasteiger partial charge in [-0.15, -0.1) is 0 Å². The number of para-hydroxylation sites is 2. The van der Waals surface area contributed by atoms with Gasteiger partial charge in [-0.05, 0) is 18.6 Å². The van der Waals surface area contributed by atoms with Crippen LogP contribution in [0.4, 0.5) is 5.69 Å². The number of unbranched alkanes of at least 4 members (excludes halogenated alkanes) is 13. The predicted octanol–water partition coefficient (Wildman–Crippen LogP) is 7.29. The first kappa shape index (κ1) is 50.4. The summed E-state index contributed by atoms with van der Waals surface area (Å²) in [6, 6.07) is 7.40. The van der Waals surface area contributed by atoms with Crippen molar-refractivity contribution in [2.24, 2.45) is 0 Å². The van der Waals surface area contributed by atoms with Crippen LogP contribution in [-0.4, -0.2) is 139 Å². The third kappa shape index (κ3) is 38.7. The van der Waals surface area contributed by atoms with Crippen molar-refractivity contribution < 1.29 is 52.1 Å². The Hall–Kier alpha value is -1.58. The van der Waals surface area contributed by atoms with Crippen LogP contribution in [0.15, 0.2) is 24.3 Å². The van der Waals surface area contributed by atoms with Gasteiger partial charge in [0.2, 0.25) is 0 Å². The van der Waals surface area contributed by atoms with Gasteiger partial charge in [-0.2, -0.15) is 0 Å². The molecule has 318 valence electrons. The van der Waals surface area contributed by atoms with Gasteiger partial charge in [-0.1, -0.05) is 103 Å². The lowest BCUT2D eigenvalue weighted by Gasteiger charge is -2.09. The molecule has 1 rings (SSSR count). The second-order valence-electron chi connectivity index (χ2n) is 13.1. The van der Waals surface area contributed by atoms with E-state index >= 15 is 0 Å². The second-order valence-corrected chi connectivity index (χ2v) is 13.1. The van der Waals surface area contributed by atoms with Crippen LogP contribution in [0, 0.1) is 0 Å². The molecule has 0 bridgehead atoms. The molecule has 0 spiro atoms. The van der Waals surface area contributed by atoms with E-state index in [4.69, 9.17) is 57.8 Å². The van der Waals surface area contributed by atoms with Crippen molar-refractivity contribution in [1.29, 1.82) is 0 Å². The highest BCUT2D eigenvalue weighted by atomic mass is 16.6. The summed E-state index contributed by atoms with van der Waals surface area (Å²) in [7, 11) is 0. The van der Waals surface area contributed by atoms with Crippen molar-refractivity contribution in [1.82, 2.24) is 0 Å². The van der Waals surface area contributed by atoms with E-state index in [0.717, 1.165) is 13.0 Å². The Kier molecular flexibility index (Phi) is 41.2. The number of nitrogens with two attached hydrogens (primary N) is 1. The van der Waals surface area contributed by atoms with Gasteiger partial charge in [0.25, 0.3) is 0 Å². The summed E-state index contributed by atoms with van der Waals surface area (Å²) >= 11 is 0. The largest absolute Gasteiger partial charge is 0.489 e. The fraction of sp³-hybridized carbons (Fsp3) is 0.857. The quantitative estimate of drug-likeness (QED) is 0.0528. The predicted molar refractivity (Wildman–Crippen MR) is 215 cm³/mol. The molecule has 0 fully saturated rings. The minimum atomic E-state index is 0.441. The average Bonchev–Trinajstić information content (AvgIpc) is 3.18. The molecule has 0 saturated carbocycles. The molecule has 0 saturated heterocycles. The van der Waals surface area contributed by atoms with E-state index in [0.29, 0.717) is 144 Å². The zero-order chi connectivity index (χ0) is 38.5. The Balaban J connectivity index is 1.61. The number of hydrogen-bond donors (Lipinski definition) is 1. The van der Waals surface area contributed by atoms with E-state index < -0.39 is 0 Å². The minimum absolute atomic E-state index is 0.441. The van der Waals surface area contributed by atoms with Crippen molar-refractivity contribution in [3.63, 3.8) is 0 Å². The van der Waals surface area contributed by atoms with Crippen molar-refractivity contribution in [2.75, 3.05) is 144 Å². The van der Waals surface area contributed by atoms with Gasteiger partial charge in [0, 0.05) is 6.61 Å². The fourth-order valence-corrected chi connectivity index (χ4v) is 5.30. The number of benzene rings is 1. The van der Waals surface area contributed by atoms with E-state index in [-0.39, 0.29) is 0 Å². The Morgan fingerprint density at radius 3 is 0.889 bits per heavy atom. The van der Waals surface area contributed by atoms with Gasteiger partial charge in [0.1, 0.15) is 12.4 Å². The van der Waals surface area contributed by atoms with Crippen LogP contribution in [0.25, 0.3) is 0 Å². The Labute approximate surface area is 328 Å². The molecule has 12 nitrogen and oxygen atoms in total. The standard InChI is InChI=1S/C42H79NO11/c1-2-3-4-5-6-7-8-9-10-11-12-13-14-17-20-44-21-22-45-23-24-46-25-26-47-27-28-48-29-30-49-31-32-50-33-34-51-35-36-52-37-38-53-39-40-54-42-19-16-15-18-41(42)43/h15-16,18-19H,2-14,17,20-40,43H2,1H3. The number of ether oxygens (including phenoxy) is 11. The Morgan fingerprint density at radius 2 is 0.574 bits per heavy atom. The molecule has 0 aliphatic heterocycles. The maximum absolute atomic E-state index is 5.83. The summed E-state index contributed by atoms with van der Waals surface area (Å²) in [4.78, 5) is 0. The number of nitrogen functional groups attached to an aromatic ring is 1. The van der Waals surface area contributed by atoms with Gasteiger partial charge in [0.05, 0.1) is 131 Å². The lowest BCUT2D eigenvalue weighted by Crippen LogP contribution is -2.15. The molecule has 0 heterocycles. The van der Waals surface area contributed by atoms with Gasteiger partial charge < -0.3 is 57.8 Å². The van der Waals surface area contributed by atoms with Crippen molar-refractivity contribution >= 4 is 5.69 Å². The van der Waals surface area contributed by atoms with Gasteiger partial charge >= 0.3 is 0 Å². The molecule has 0 unspecified atom stereocenters. The summed E-state index contributed by atoms with van der Waals surface area (Å²) in [5.41, 5.74) is 6.45. The zero-order valence-electron chi connectivity index (χ0n) is 34.1. The van der Waals surface area contributed by atoms with Crippen molar-refractivity contribution in [3.05, 3.63) is 24.3 Å². The van der Waals surface area contributed by atoms with Crippen LogP contribution in [-0.2, 0) is 47.4 Å². The zero-order valence-corrected chi connectivity index (χ0v) is 34.1. The van der Waals surface area contributed by atoms with Gasteiger partial charge in [-0.3, -0.25) is 0 Å². The normalized spacial score (nSPS) is 11.5. The van der Waals surface area contributed by atoms with Crippen LogP contribution in [0.1, 0.15) is 96.8 Å². The summed E-state index contributed by atoms with van der Waals surface area (Å²) in [5.74, 6) is 0.672. The smallest absolute Gasteiger partial charge is 0.142 e. The highest BCUT2D eigenvalue weighted by Crippen LogP contribution is 2.19. The number of hydrogen-bond acceptors (Lipinski definition) is 12. The van der Waals surface area contributed by atoms with Crippen LogP contribution >= 0.6 is 0 Å². The summed E-state index contributed by atoms with van der Waals surface area (Å²) in [6.45, 7) is 13.7. The van der Waals surface area contributed by atoms with Crippen molar-refractivity contribution in [3.8, 4) is 5.75 Å². The van der Waals surface area contributed by atoms with Crippen LogP contribution in [0.5, 0.6) is 5.75 Å². The van der Waals surface area contributed by atoms with Crippen molar-refractivity contribution in [2.45, 2.75) is 96.8 Å². The first-order chi connectivity index (χ1) is 26.8. The monoisotopic (exact) mass is 774 g/mol. The lowest BCUT2D eigenvalue weighted by molar-refractivity contribution is -0.0267. The second kappa shape index (κ2) is 44.1. The lowest BCUT2D eigenvalue weighted by atomic mass is 10.0. The van der Waals surface area contributed by atoms with E-state index in [1.165, 1.54) is 83.5 Å². The third-order valence-corrected chi connectivity index (χ3v) is 8.39. The first-order valence-electron chi connectivity index (χ1n) is 21.1. The summed E-state index contributed by atoms with van der Waals surface area (Å²) in [6.07, 6.45) is 19.2. The van der Waals surface area contributed by atoms with E-state index in [2.05, 4.69) is 6.92 Å². The van der Waals surface area contributed by atoms with E-state index in [1.807, 2.05) is 18.2 Å². The molecule has 1 aromatic rings. The van der Waals surface area contributed by atoms with E-state index in [1.54, 1.807) is 6.07 Å². The SMILES string of the molecule is CCCCCCCCCCCCCCCCOCCOCCOCCOCCOCCOCCOCCOCCOCCOCCOc1ccccc1N. The Morgan fingerprint density at radius 1 is 0.315 bits per heavy atom. The van der Waals surface area contributed by atoms with Crippen LogP contribution in [0.2, 0.25) is 0 Å². The molecular formula is C42H79NO11. The average molecular weight is 774 g/mol. The molecule has 0 aliphatic rings. The molecule has 0 amide bonds. The highest BCUT2D eigenvalue weighted by Gasteiger charge is 2.00. The van der Waals surface area contributed by atoms with E-state index in [9.17, 15) is 0 Å². The molecule has 12 heteroatoms. The molecule has 0 radical (unpaired) electrons. The van der Waals surface area contributed by atoms with Gasteiger partial charge in [0.15, 0.2) is 0 Å². The number of rotatable bonds is 46. The highest BCUT2D eigenvalue weighted by molar-refractivity contribution is 5.51. The summed E-state index contributed by atoms with van der Waals surface area (Å²) < 4.78 is 60.9. The first-order valence-corrected chi connectivity index (χ1v) is 21.1.